The largest absolute Gasteiger partial charge is 0.397 e. The van der Waals surface area contributed by atoms with Crippen molar-refractivity contribution in [2.45, 2.75) is 19.9 Å². The Hall–Kier alpha value is -1.46. The van der Waals surface area contributed by atoms with Crippen LogP contribution in [0.1, 0.15) is 16.4 Å². The molecule has 2 N–H and O–H groups in total. The quantitative estimate of drug-likeness (QED) is 0.896. The molecule has 0 bridgehead atoms. The minimum Gasteiger partial charge on any atom is -0.397 e. The van der Waals surface area contributed by atoms with Crippen LogP contribution in [-0.4, -0.2) is 28.5 Å². The minimum absolute atomic E-state index is 0.713. The number of nitrogens with zero attached hydrogens (tertiary/aromatic N) is 3. The fraction of sp³-hybridized carbons (Fsp3) is 0.385. The van der Waals surface area contributed by atoms with Gasteiger partial charge in [-0.25, -0.2) is 4.98 Å². The molecule has 2 heterocycles. The van der Waals surface area contributed by atoms with Crippen LogP contribution < -0.4 is 5.73 Å². The topological polar surface area (TPSA) is 55.0 Å². The van der Waals surface area contributed by atoms with Crippen LogP contribution >= 0.6 is 11.3 Å². The molecule has 0 atom stereocenters. The minimum atomic E-state index is 0.713. The first-order valence-corrected chi connectivity index (χ1v) is 6.81. The Morgan fingerprint density at radius 1 is 1.33 bits per heavy atom. The molecule has 18 heavy (non-hydrogen) atoms. The van der Waals surface area contributed by atoms with E-state index < -0.39 is 0 Å². The number of thiazole rings is 1. The second-order valence-corrected chi connectivity index (χ2v) is 5.49. The molecular weight excluding hydrogens is 244 g/mol. The van der Waals surface area contributed by atoms with Gasteiger partial charge in [0.25, 0.3) is 0 Å². The molecule has 0 saturated heterocycles. The van der Waals surface area contributed by atoms with E-state index in [1.807, 2.05) is 19.1 Å². The summed E-state index contributed by atoms with van der Waals surface area (Å²) in [5, 5.41) is 3.24. The smallest absolute Gasteiger partial charge is 0.0897 e. The molecule has 2 aromatic rings. The zero-order chi connectivity index (χ0) is 13.0. The molecule has 0 amide bonds. The third kappa shape index (κ3) is 3.78. The van der Waals surface area contributed by atoms with Gasteiger partial charge in [-0.15, -0.1) is 11.3 Å². The molecule has 96 valence electrons. The molecule has 0 aromatic carbocycles. The van der Waals surface area contributed by atoms with Gasteiger partial charge in [0.05, 0.1) is 22.6 Å². The summed E-state index contributed by atoms with van der Waals surface area (Å²) in [5.74, 6) is 0. The van der Waals surface area contributed by atoms with Crippen LogP contribution in [-0.2, 0) is 13.0 Å². The third-order valence-electron chi connectivity index (χ3n) is 2.70. The lowest BCUT2D eigenvalue weighted by molar-refractivity contribution is 0.326. The van der Waals surface area contributed by atoms with Crippen LogP contribution in [0.5, 0.6) is 0 Å². The van der Waals surface area contributed by atoms with Crippen molar-refractivity contribution in [1.82, 2.24) is 14.9 Å². The van der Waals surface area contributed by atoms with E-state index in [1.54, 1.807) is 17.5 Å². The van der Waals surface area contributed by atoms with Gasteiger partial charge >= 0.3 is 0 Å². The Kier molecular flexibility index (Phi) is 4.28. The predicted octanol–water partition coefficient (Wildman–Crippen LogP) is 2.10. The summed E-state index contributed by atoms with van der Waals surface area (Å²) in [5.41, 5.74) is 8.54. The third-order valence-corrected chi connectivity index (χ3v) is 3.52. The van der Waals surface area contributed by atoms with Gasteiger partial charge in [-0.05, 0) is 26.1 Å². The monoisotopic (exact) mass is 262 g/mol. The summed E-state index contributed by atoms with van der Waals surface area (Å²) in [6.45, 7) is 3.89. The van der Waals surface area contributed by atoms with E-state index in [2.05, 4.69) is 27.3 Å². The molecule has 0 unspecified atom stereocenters. The standard InChI is InChI=1S/C13H18N4S/c1-10-16-13(9-18-10)8-17(2)6-5-12-4-3-11(14)7-15-12/h3-4,7,9H,5-6,8,14H2,1-2H3. The first-order chi connectivity index (χ1) is 8.63. The number of nitrogen functional groups attached to an aromatic ring is 1. The highest BCUT2D eigenvalue weighted by Gasteiger charge is 2.04. The maximum absolute atomic E-state index is 5.61. The molecule has 5 heteroatoms. The summed E-state index contributed by atoms with van der Waals surface area (Å²) in [6.07, 6.45) is 2.64. The van der Waals surface area contributed by atoms with Crippen LogP contribution in [0.15, 0.2) is 23.7 Å². The fourth-order valence-electron chi connectivity index (χ4n) is 1.73. The van der Waals surface area contributed by atoms with Gasteiger partial charge in [0.2, 0.25) is 0 Å². The summed E-state index contributed by atoms with van der Waals surface area (Å²) in [7, 11) is 2.10. The highest BCUT2D eigenvalue weighted by atomic mass is 32.1. The van der Waals surface area contributed by atoms with Crippen molar-refractivity contribution in [1.29, 1.82) is 0 Å². The van der Waals surface area contributed by atoms with E-state index in [1.165, 1.54) is 0 Å². The van der Waals surface area contributed by atoms with Gasteiger partial charge in [-0.1, -0.05) is 0 Å². The summed E-state index contributed by atoms with van der Waals surface area (Å²) >= 11 is 1.70. The van der Waals surface area contributed by atoms with Crippen molar-refractivity contribution in [2.75, 3.05) is 19.3 Å². The number of anilines is 1. The molecule has 2 rings (SSSR count). The molecule has 2 aromatic heterocycles. The highest BCUT2D eigenvalue weighted by molar-refractivity contribution is 7.09. The van der Waals surface area contributed by atoms with Gasteiger partial charge in [0, 0.05) is 30.6 Å². The van der Waals surface area contributed by atoms with Gasteiger partial charge in [0.15, 0.2) is 0 Å². The van der Waals surface area contributed by atoms with E-state index in [9.17, 15) is 0 Å². The lowest BCUT2D eigenvalue weighted by Gasteiger charge is -2.14. The average Bonchev–Trinajstić information content (AvgIpc) is 2.74. The van der Waals surface area contributed by atoms with E-state index >= 15 is 0 Å². The number of likely N-dealkylation sites (N-methyl/N-ethyl adjacent to an activating group) is 1. The lowest BCUT2D eigenvalue weighted by atomic mass is 10.2. The zero-order valence-electron chi connectivity index (χ0n) is 10.8. The molecule has 4 nitrogen and oxygen atoms in total. The Labute approximate surface area is 111 Å². The number of aromatic nitrogens is 2. The molecule has 0 saturated carbocycles. The van der Waals surface area contributed by atoms with Gasteiger partial charge < -0.3 is 10.6 Å². The second kappa shape index (κ2) is 5.93. The van der Waals surface area contributed by atoms with Crippen molar-refractivity contribution in [2.24, 2.45) is 0 Å². The van der Waals surface area contributed by atoms with E-state index in [0.29, 0.717) is 5.69 Å². The van der Waals surface area contributed by atoms with Crippen molar-refractivity contribution in [3.63, 3.8) is 0 Å². The first kappa shape index (κ1) is 13.0. The van der Waals surface area contributed by atoms with Crippen molar-refractivity contribution in [3.05, 3.63) is 40.1 Å². The average molecular weight is 262 g/mol. The Morgan fingerprint density at radius 3 is 2.78 bits per heavy atom. The number of rotatable bonds is 5. The number of pyridine rings is 1. The number of aryl methyl sites for hydroxylation is 1. The summed E-state index contributed by atoms with van der Waals surface area (Å²) in [4.78, 5) is 11.0. The number of hydrogen-bond donors (Lipinski definition) is 1. The summed E-state index contributed by atoms with van der Waals surface area (Å²) in [6, 6.07) is 3.88. The van der Waals surface area contributed by atoms with Crippen LogP contribution in [0.4, 0.5) is 5.69 Å². The van der Waals surface area contributed by atoms with E-state index in [0.717, 1.165) is 35.9 Å². The van der Waals surface area contributed by atoms with E-state index in [-0.39, 0.29) is 0 Å². The van der Waals surface area contributed by atoms with Gasteiger partial charge in [-0.3, -0.25) is 4.98 Å². The molecular formula is C13H18N4S. The Balaban J connectivity index is 1.81. The Bertz CT molecular complexity index is 492. The lowest BCUT2D eigenvalue weighted by Crippen LogP contribution is -2.21. The maximum Gasteiger partial charge on any atom is 0.0897 e. The van der Waals surface area contributed by atoms with Gasteiger partial charge in [-0.2, -0.15) is 0 Å². The van der Waals surface area contributed by atoms with E-state index in [4.69, 9.17) is 5.73 Å². The first-order valence-electron chi connectivity index (χ1n) is 5.93. The Morgan fingerprint density at radius 2 is 2.17 bits per heavy atom. The van der Waals surface area contributed by atoms with Gasteiger partial charge in [0.1, 0.15) is 0 Å². The van der Waals surface area contributed by atoms with Crippen LogP contribution in [0.25, 0.3) is 0 Å². The second-order valence-electron chi connectivity index (χ2n) is 4.43. The van der Waals surface area contributed by atoms with Crippen molar-refractivity contribution < 1.29 is 0 Å². The van der Waals surface area contributed by atoms with Crippen LogP contribution in [0, 0.1) is 6.92 Å². The maximum atomic E-state index is 5.61. The van der Waals surface area contributed by atoms with Crippen LogP contribution in [0.2, 0.25) is 0 Å². The molecule has 0 aliphatic heterocycles. The normalized spacial score (nSPS) is 11.1. The molecule has 0 spiro atoms. The molecule has 0 aliphatic rings. The molecule has 0 radical (unpaired) electrons. The zero-order valence-corrected chi connectivity index (χ0v) is 11.6. The SMILES string of the molecule is Cc1nc(CN(C)CCc2ccc(N)cn2)cs1. The van der Waals surface area contributed by atoms with Crippen molar-refractivity contribution >= 4 is 17.0 Å². The summed E-state index contributed by atoms with van der Waals surface area (Å²) < 4.78 is 0. The van der Waals surface area contributed by atoms with Crippen molar-refractivity contribution in [3.8, 4) is 0 Å². The van der Waals surface area contributed by atoms with Crippen LogP contribution in [0.3, 0.4) is 0 Å². The molecule has 0 fully saturated rings. The number of nitrogens with two attached hydrogens (primary N) is 1. The molecule has 0 aliphatic carbocycles. The predicted molar refractivity (Wildman–Crippen MR) is 75.5 cm³/mol. The highest BCUT2D eigenvalue weighted by Crippen LogP contribution is 2.10. The fourth-order valence-corrected chi connectivity index (χ4v) is 2.33. The number of hydrogen-bond acceptors (Lipinski definition) is 5.